The van der Waals surface area contributed by atoms with Crippen molar-refractivity contribution in [3.63, 3.8) is 0 Å². The van der Waals surface area contributed by atoms with Gasteiger partial charge in [0, 0.05) is 7.05 Å². The van der Waals surface area contributed by atoms with Gasteiger partial charge in [0.25, 0.3) is 5.91 Å². The Balaban J connectivity index is 2.34. The van der Waals surface area contributed by atoms with Crippen LogP contribution < -0.4 is 10.1 Å². The predicted octanol–water partition coefficient (Wildman–Crippen LogP) is 4.29. The van der Waals surface area contributed by atoms with Crippen molar-refractivity contribution in [3.8, 4) is 5.75 Å². The first-order valence-corrected chi connectivity index (χ1v) is 9.09. The summed E-state index contributed by atoms with van der Waals surface area (Å²) in [5.41, 5.74) is 3.71. The predicted molar refractivity (Wildman–Crippen MR) is 104 cm³/mol. The van der Waals surface area contributed by atoms with Crippen LogP contribution in [-0.2, 0) is 11.4 Å². The van der Waals surface area contributed by atoms with E-state index in [2.05, 4.69) is 51.2 Å². The number of hydrogen-bond donors (Lipinski definition) is 2. The van der Waals surface area contributed by atoms with E-state index in [-0.39, 0.29) is 0 Å². The fourth-order valence-corrected chi connectivity index (χ4v) is 3.01. The molecule has 0 radical (unpaired) electrons. The molecule has 0 saturated heterocycles. The number of aliphatic hydroxyl groups is 1. The van der Waals surface area contributed by atoms with Crippen LogP contribution >= 0.6 is 0 Å². The molecule has 4 heteroatoms. The number of carbonyl (C=O) groups is 1. The molecule has 0 spiro atoms. The van der Waals surface area contributed by atoms with Crippen molar-refractivity contribution in [1.82, 2.24) is 5.32 Å². The molecule has 2 N–H and O–H groups in total. The van der Waals surface area contributed by atoms with Gasteiger partial charge in [-0.25, -0.2) is 0 Å². The van der Waals surface area contributed by atoms with E-state index in [1.54, 1.807) is 6.07 Å². The number of likely N-dealkylation sites (N-methyl/N-ethyl adjacent to an activating group) is 1. The van der Waals surface area contributed by atoms with Gasteiger partial charge in [0.2, 0.25) is 0 Å². The van der Waals surface area contributed by atoms with Gasteiger partial charge in [0.05, 0.1) is 0 Å². The van der Waals surface area contributed by atoms with Crippen molar-refractivity contribution in [2.45, 2.75) is 52.2 Å². The van der Waals surface area contributed by atoms with Crippen molar-refractivity contribution in [1.29, 1.82) is 0 Å². The third-order valence-electron chi connectivity index (χ3n) is 4.54. The number of aliphatic hydroxyl groups excluding tert-OH is 1. The minimum atomic E-state index is -1.20. The molecule has 0 bridgehead atoms. The lowest BCUT2D eigenvalue weighted by molar-refractivity contribution is -0.129. The van der Waals surface area contributed by atoms with E-state index in [1.807, 2.05) is 18.2 Å². The van der Waals surface area contributed by atoms with Crippen LogP contribution in [0.15, 0.2) is 42.5 Å². The summed E-state index contributed by atoms with van der Waals surface area (Å²) in [4.78, 5) is 11.8. The van der Waals surface area contributed by atoms with Crippen LogP contribution in [0.3, 0.4) is 0 Å². The summed E-state index contributed by atoms with van der Waals surface area (Å²) < 4.78 is 6.24. The number of carbonyl (C=O) groups excluding carboxylic acids is 1. The van der Waals surface area contributed by atoms with Gasteiger partial charge < -0.3 is 15.2 Å². The zero-order valence-corrected chi connectivity index (χ0v) is 16.2. The topological polar surface area (TPSA) is 58.6 Å². The van der Waals surface area contributed by atoms with Crippen molar-refractivity contribution in [2.75, 3.05) is 7.05 Å². The quantitative estimate of drug-likeness (QED) is 0.779. The van der Waals surface area contributed by atoms with Gasteiger partial charge in [-0.3, -0.25) is 4.79 Å². The number of benzene rings is 2. The van der Waals surface area contributed by atoms with E-state index in [1.165, 1.54) is 18.2 Å². The molecule has 140 valence electrons. The highest BCUT2D eigenvalue weighted by Crippen LogP contribution is 2.35. The highest BCUT2D eigenvalue weighted by molar-refractivity contribution is 5.82. The second kappa shape index (κ2) is 8.86. The average Bonchev–Trinajstić information content (AvgIpc) is 2.64. The van der Waals surface area contributed by atoms with Crippen LogP contribution in [0.2, 0.25) is 0 Å². The maximum Gasteiger partial charge on any atom is 0.253 e. The van der Waals surface area contributed by atoms with Crippen molar-refractivity contribution in [2.24, 2.45) is 0 Å². The zero-order valence-electron chi connectivity index (χ0n) is 16.2. The molecule has 2 aromatic carbocycles. The molecule has 2 aromatic rings. The van der Waals surface area contributed by atoms with Crippen LogP contribution in [0.5, 0.6) is 5.75 Å². The molecule has 0 aliphatic carbocycles. The Morgan fingerprint density at radius 1 is 0.962 bits per heavy atom. The Kier molecular flexibility index (Phi) is 6.81. The fraction of sp³-hybridized carbons (Fsp3) is 0.409. The Morgan fingerprint density at radius 2 is 1.50 bits per heavy atom. The summed E-state index contributed by atoms with van der Waals surface area (Å²) in [7, 11) is 1.51. The van der Waals surface area contributed by atoms with E-state index in [0.717, 1.165) is 11.3 Å². The summed E-state index contributed by atoms with van der Waals surface area (Å²) in [6, 6.07) is 13.6. The minimum absolute atomic E-state index is 0.299. The molecule has 0 saturated carbocycles. The highest BCUT2D eigenvalue weighted by Gasteiger charge is 2.20. The smallest absolute Gasteiger partial charge is 0.253 e. The molecule has 1 atom stereocenters. The Labute approximate surface area is 156 Å². The van der Waals surface area contributed by atoms with E-state index in [9.17, 15) is 9.90 Å². The highest BCUT2D eigenvalue weighted by atomic mass is 16.5. The van der Waals surface area contributed by atoms with Gasteiger partial charge in [-0.05, 0) is 34.1 Å². The van der Waals surface area contributed by atoms with Gasteiger partial charge in [-0.1, -0.05) is 70.2 Å². The van der Waals surface area contributed by atoms with Gasteiger partial charge in [-0.15, -0.1) is 0 Å². The number of para-hydroxylation sites is 1. The first-order valence-electron chi connectivity index (χ1n) is 9.09. The van der Waals surface area contributed by atoms with Crippen LogP contribution in [0.1, 0.15) is 67.9 Å². The van der Waals surface area contributed by atoms with Crippen molar-refractivity contribution < 1.29 is 14.6 Å². The monoisotopic (exact) mass is 355 g/mol. The fourth-order valence-electron chi connectivity index (χ4n) is 3.01. The summed E-state index contributed by atoms with van der Waals surface area (Å²) in [5.74, 6) is 1.16. The van der Waals surface area contributed by atoms with Gasteiger partial charge >= 0.3 is 0 Å². The van der Waals surface area contributed by atoms with Crippen LogP contribution in [0.4, 0.5) is 0 Å². The maximum atomic E-state index is 11.8. The second-order valence-electron chi connectivity index (χ2n) is 7.08. The number of hydrogen-bond acceptors (Lipinski definition) is 3. The molecular weight excluding hydrogens is 326 g/mol. The summed E-state index contributed by atoms with van der Waals surface area (Å²) in [6.07, 6.45) is -1.20. The van der Waals surface area contributed by atoms with E-state index in [4.69, 9.17) is 4.74 Å². The largest absolute Gasteiger partial charge is 0.488 e. The molecular formula is C22H29NO3. The Bertz CT molecular complexity index is 727. The lowest BCUT2D eigenvalue weighted by Gasteiger charge is -2.21. The van der Waals surface area contributed by atoms with Crippen molar-refractivity contribution in [3.05, 3.63) is 64.7 Å². The summed E-state index contributed by atoms with van der Waals surface area (Å²) in [5, 5.41) is 12.8. The average molecular weight is 355 g/mol. The maximum absolute atomic E-state index is 11.8. The second-order valence-corrected chi connectivity index (χ2v) is 7.08. The SMILES string of the molecule is CNC(=O)C(O)c1ccccc1COc1c(C(C)C)cccc1C(C)C. The molecule has 0 heterocycles. The van der Waals surface area contributed by atoms with Gasteiger partial charge in [-0.2, -0.15) is 0 Å². The summed E-state index contributed by atoms with van der Waals surface area (Å²) in [6.45, 7) is 8.89. The standard InChI is InChI=1S/C22H29NO3/c1-14(2)17-11-8-12-18(15(3)4)21(17)26-13-16-9-6-7-10-19(16)20(24)22(25)23-5/h6-12,14-15,20,24H,13H2,1-5H3,(H,23,25). The lowest BCUT2D eigenvalue weighted by atomic mass is 9.94. The normalized spacial score (nSPS) is 12.3. The molecule has 26 heavy (non-hydrogen) atoms. The molecule has 0 aliphatic rings. The van der Waals surface area contributed by atoms with E-state index in [0.29, 0.717) is 24.0 Å². The van der Waals surface area contributed by atoms with E-state index < -0.39 is 12.0 Å². The van der Waals surface area contributed by atoms with Crippen LogP contribution in [-0.4, -0.2) is 18.1 Å². The minimum Gasteiger partial charge on any atom is -0.488 e. The number of nitrogens with one attached hydrogen (secondary N) is 1. The molecule has 0 aliphatic heterocycles. The van der Waals surface area contributed by atoms with Crippen LogP contribution in [0.25, 0.3) is 0 Å². The molecule has 1 amide bonds. The summed E-state index contributed by atoms with van der Waals surface area (Å²) >= 11 is 0. The first-order chi connectivity index (χ1) is 12.4. The Hall–Kier alpha value is -2.33. The van der Waals surface area contributed by atoms with Crippen LogP contribution in [0, 0.1) is 0 Å². The molecule has 2 rings (SSSR count). The van der Waals surface area contributed by atoms with Gasteiger partial charge in [0.15, 0.2) is 6.10 Å². The zero-order chi connectivity index (χ0) is 19.3. The third kappa shape index (κ3) is 4.44. The number of rotatable bonds is 7. The third-order valence-corrected chi connectivity index (χ3v) is 4.54. The molecule has 0 aromatic heterocycles. The number of ether oxygens (including phenoxy) is 1. The lowest BCUT2D eigenvalue weighted by Crippen LogP contribution is -2.26. The molecule has 1 unspecified atom stereocenters. The Morgan fingerprint density at radius 3 is 2.04 bits per heavy atom. The first kappa shape index (κ1) is 20.0. The molecule has 0 fully saturated rings. The van der Waals surface area contributed by atoms with Gasteiger partial charge in [0.1, 0.15) is 12.4 Å². The molecule has 4 nitrogen and oxygen atoms in total. The number of amides is 1. The van der Waals surface area contributed by atoms with E-state index >= 15 is 0 Å². The van der Waals surface area contributed by atoms with Crippen molar-refractivity contribution >= 4 is 5.91 Å².